The Bertz CT molecular complexity index is 697. The van der Waals surface area contributed by atoms with E-state index in [0.717, 1.165) is 11.8 Å². The molecule has 2 aliphatic rings. The minimum Gasteiger partial charge on any atom is -0.282 e. The van der Waals surface area contributed by atoms with Gasteiger partial charge in [-0.05, 0) is 36.9 Å². The average molecular weight is 301 g/mol. The van der Waals surface area contributed by atoms with Gasteiger partial charge < -0.3 is 0 Å². The molecule has 0 aromatic heterocycles. The lowest BCUT2D eigenvalue weighted by Crippen LogP contribution is -2.26. The summed E-state index contributed by atoms with van der Waals surface area (Å²) >= 11 is 0.797. The molecule has 1 N–H and O–H groups in total. The van der Waals surface area contributed by atoms with Crippen molar-refractivity contribution < 1.29 is 14.4 Å². The number of nitrogens with one attached hydrogen (secondary N) is 1. The number of thioether (sulfide) groups is 1. The first-order valence-corrected chi connectivity index (χ1v) is 7.07. The molecule has 6 nitrogen and oxygen atoms in total. The Morgan fingerprint density at radius 3 is 2.57 bits per heavy atom. The number of anilines is 1. The first-order valence-electron chi connectivity index (χ1n) is 6.25. The van der Waals surface area contributed by atoms with Crippen LogP contribution in [0, 0.1) is 5.92 Å². The molecule has 0 saturated carbocycles. The fourth-order valence-electron chi connectivity index (χ4n) is 2.11. The third-order valence-electron chi connectivity index (χ3n) is 3.14. The number of carbonyl (C=O) groups excluding carboxylic acids is 3. The number of nitrogens with zero attached hydrogens (tertiary/aromatic N) is 2. The first kappa shape index (κ1) is 13.6. The van der Waals surface area contributed by atoms with Crippen LogP contribution in [0.25, 0.3) is 0 Å². The van der Waals surface area contributed by atoms with Gasteiger partial charge in [0.15, 0.2) is 0 Å². The number of amides is 3. The summed E-state index contributed by atoms with van der Waals surface area (Å²) in [6.07, 6.45) is 1.50. The van der Waals surface area contributed by atoms with Gasteiger partial charge in [0, 0.05) is 0 Å². The van der Waals surface area contributed by atoms with Crippen LogP contribution in [0.4, 0.5) is 10.5 Å². The summed E-state index contributed by atoms with van der Waals surface area (Å²) in [6, 6.07) is 9.05. The van der Waals surface area contributed by atoms with Gasteiger partial charge in [0.1, 0.15) is 0 Å². The molecule has 0 spiro atoms. The molecular weight excluding hydrogens is 290 g/mol. The summed E-state index contributed by atoms with van der Waals surface area (Å²) in [5.41, 5.74) is 1.26. The van der Waals surface area contributed by atoms with E-state index in [4.69, 9.17) is 0 Å². The van der Waals surface area contributed by atoms with E-state index >= 15 is 0 Å². The fraction of sp³-hybridized carbons (Fsp3) is 0.143. The molecule has 1 fully saturated rings. The van der Waals surface area contributed by atoms with E-state index in [0.29, 0.717) is 11.4 Å². The maximum atomic E-state index is 12.4. The van der Waals surface area contributed by atoms with Crippen LogP contribution in [0.1, 0.15) is 6.92 Å². The van der Waals surface area contributed by atoms with Crippen LogP contribution < -0.4 is 10.3 Å². The number of hydrogen-bond acceptors (Lipinski definition) is 5. The Hall–Kier alpha value is -2.41. The largest absolute Gasteiger partial charge is 0.290 e. The van der Waals surface area contributed by atoms with Crippen LogP contribution in [0.3, 0.4) is 0 Å². The average Bonchev–Trinajstić information content (AvgIpc) is 2.93. The summed E-state index contributed by atoms with van der Waals surface area (Å²) in [5, 5.41) is 7.29. The van der Waals surface area contributed by atoms with Crippen molar-refractivity contribution in [1.29, 1.82) is 0 Å². The van der Waals surface area contributed by atoms with Crippen molar-refractivity contribution in [3.63, 3.8) is 0 Å². The van der Waals surface area contributed by atoms with Gasteiger partial charge in [0.25, 0.3) is 17.1 Å². The molecule has 21 heavy (non-hydrogen) atoms. The highest BCUT2D eigenvalue weighted by Crippen LogP contribution is 2.29. The quantitative estimate of drug-likeness (QED) is 0.846. The van der Waals surface area contributed by atoms with Crippen LogP contribution in [-0.4, -0.2) is 22.8 Å². The summed E-state index contributed by atoms with van der Waals surface area (Å²) in [5.74, 6) is -1.33. The minimum absolute atomic E-state index is 0.237. The first-order chi connectivity index (χ1) is 10.1. The van der Waals surface area contributed by atoms with Crippen LogP contribution in [0.2, 0.25) is 0 Å². The summed E-state index contributed by atoms with van der Waals surface area (Å²) in [4.78, 5) is 35.4. The molecule has 0 aliphatic carbocycles. The molecule has 2 heterocycles. The molecule has 3 rings (SSSR count). The van der Waals surface area contributed by atoms with Crippen LogP contribution in [-0.2, 0) is 9.59 Å². The zero-order valence-electron chi connectivity index (χ0n) is 11.1. The van der Waals surface area contributed by atoms with Gasteiger partial charge in [0.05, 0.1) is 22.2 Å². The molecule has 0 radical (unpaired) electrons. The normalized spacial score (nSPS) is 23.8. The van der Waals surface area contributed by atoms with E-state index in [1.165, 1.54) is 11.1 Å². The van der Waals surface area contributed by atoms with E-state index in [9.17, 15) is 14.4 Å². The highest BCUT2D eigenvalue weighted by atomic mass is 32.2. The standard InChI is InChI=1S/C14H11N3O3S/c1-8-10(7-11-12(18)15-14(20)21-11)13(19)17(16-8)9-5-3-2-4-6-9/h2-7,10H,1H3,(H,15,18,20)/b11-7-/t10-/m0/s1. The molecule has 3 amide bonds. The van der Waals surface area contributed by atoms with Crippen molar-refractivity contribution in [2.45, 2.75) is 6.92 Å². The summed E-state index contributed by atoms with van der Waals surface area (Å²) in [7, 11) is 0. The number of carbonyl (C=O) groups is 3. The molecule has 1 aromatic carbocycles. The second-order valence-electron chi connectivity index (χ2n) is 4.58. The Morgan fingerprint density at radius 2 is 1.95 bits per heavy atom. The lowest BCUT2D eigenvalue weighted by atomic mass is 10.0. The number of rotatable bonds is 2. The van der Waals surface area contributed by atoms with Crippen LogP contribution in [0.5, 0.6) is 0 Å². The topological polar surface area (TPSA) is 78.8 Å². The smallest absolute Gasteiger partial charge is 0.282 e. The molecule has 1 atom stereocenters. The molecule has 0 unspecified atom stereocenters. The Balaban J connectivity index is 1.88. The fourth-order valence-corrected chi connectivity index (χ4v) is 2.80. The zero-order valence-corrected chi connectivity index (χ0v) is 11.9. The van der Waals surface area contributed by atoms with E-state index in [1.807, 2.05) is 18.2 Å². The number of hydrogen-bond donors (Lipinski definition) is 1. The van der Waals surface area contributed by atoms with Crippen molar-refractivity contribution in [2.24, 2.45) is 11.0 Å². The van der Waals surface area contributed by atoms with E-state index in [-0.39, 0.29) is 10.8 Å². The molecule has 106 valence electrons. The van der Waals surface area contributed by atoms with Crippen LogP contribution >= 0.6 is 11.8 Å². The third kappa shape index (κ3) is 2.47. The molecule has 7 heteroatoms. The van der Waals surface area contributed by atoms with Gasteiger partial charge in [-0.2, -0.15) is 10.1 Å². The number of para-hydroxylation sites is 1. The van der Waals surface area contributed by atoms with E-state index < -0.39 is 17.1 Å². The van der Waals surface area contributed by atoms with Gasteiger partial charge in [-0.25, -0.2) is 0 Å². The second kappa shape index (κ2) is 5.17. The Morgan fingerprint density at radius 1 is 1.24 bits per heavy atom. The predicted molar refractivity (Wildman–Crippen MR) is 79.7 cm³/mol. The SMILES string of the molecule is CC1=NN(c2ccccc2)C(=O)[C@H]1/C=C1\SC(=O)NC1=O. The highest BCUT2D eigenvalue weighted by Gasteiger charge is 2.35. The van der Waals surface area contributed by atoms with Crippen LogP contribution in [0.15, 0.2) is 46.4 Å². The van der Waals surface area contributed by atoms with Crippen molar-refractivity contribution in [3.05, 3.63) is 41.3 Å². The number of hydrazone groups is 1. The van der Waals surface area contributed by atoms with Gasteiger partial charge in [-0.15, -0.1) is 0 Å². The zero-order chi connectivity index (χ0) is 15.0. The van der Waals surface area contributed by atoms with Crippen molar-refractivity contribution in [2.75, 3.05) is 5.01 Å². The van der Waals surface area contributed by atoms with Crippen molar-refractivity contribution in [1.82, 2.24) is 5.32 Å². The lowest BCUT2D eigenvalue weighted by molar-refractivity contribution is -0.118. The second-order valence-corrected chi connectivity index (χ2v) is 5.59. The van der Waals surface area contributed by atoms with E-state index in [2.05, 4.69) is 10.4 Å². The minimum atomic E-state index is -0.621. The van der Waals surface area contributed by atoms with Gasteiger partial charge in [-0.1, -0.05) is 18.2 Å². The van der Waals surface area contributed by atoms with Gasteiger partial charge >= 0.3 is 0 Å². The maximum Gasteiger partial charge on any atom is 0.290 e. The molecule has 1 saturated heterocycles. The van der Waals surface area contributed by atoms with E-state index in [1.54, 1.807) is 19.1 Å². The third-order valence-corrected chi connectivity index (χ3v) is 3.97. The molecular formula is C14H11N3O3S. The van der Waals surface area contributed by atoms with Gasteiger partial charge in [0.2, 0.25) is 0 Å². The number of imide groups is 1. The van der Waals surface area contributed by atoms with Gasteiger partial charge in [-0.3, -0.25) is 19.7 Å². The monoisotopic (exact) mass is 301 g/mol. The summed E-state index contributed by atoms with van der Waals surface area (Å²) in [6.45, 7) is 1.72. The number of benzene rings is 1. The molecule has 1 aromatic rings. The molecule has 0 bridgehead atoms. The lowest BCUT2D eigenvalue weighted by Gasteiger charge is -2.12. The predicted octanol–water partition coefficient (Wildman–Crippen LogP) is 1.89. The maximum absolute atomic E-state index is 12.4. The van der Waals surface area contributed by atoms with Crippen molar-refractivity contribution >= 4 is 40.2 Å². The molecule has 2 aliphatic heterocycles. The van der Waals surface area contributed by atoms with Crippen molar-refractivity contribution in [3.8, 4) is 0 Å². The Kier molecular flexibility index (Phi) is 3.34. The summed E-state index contributed by atoms with van der Waals surface area (Å²) < 4.78 is 0. The Labute approximate surface area is 124 Å². The highest BCUT2D eigenvalue weighted by molar-refractivity contribution is 8.18.